The van der Waals surface area contributed by atoms with Crippen molar-refractivity contribution < 1.29 is 9.53 Å². The van der Waals surface area contributed by atoms with Crippen LogP contribution in [0.2, 0.25) is 0 Å². The smallest absolute Gasteiger partial charge is 0.257 e. The first-order chi connectivity index (χ1) is 14.2. The van der Waals surface area contributed by atoms with Crippen LogP contribution in [0.1, 0.15) is 15.9 Å². The Labute approximate surface area is 172 Å². The van der Waals surface area contributed by atoms with Crippen molar-refractivity contribution in [3.05, 3.63) is 53.9 Å². The number of piperazine rings is 1. The molecule has 0 spiro atoms. The van der Waals surface area contributed by atoms with Gasteiger partial charge in [-0.2, -0.15) is 0 Å². The van der Waals surface area contributed by atoms with Crippen LogP contribution in [0.4, 0.5) is 11.4 Å². The normalized spacial score (nSPS) is 18.6. The summed E-state index contributed by atoms with van der Waals surface area (Å²) in [7, 11) is 2.16. The maximum Gasteiger partial charge on any atom is 0.257 e. The fraction of sp³-hybridized carbons (Fsp3) is 0.455. The molecule has 2 saturated heterocycles. The summed E-state index contributed by atoms with van der Waals surface area (Å²) >= 11 is 0. The minimum atomic E-state index is -0.135. The van der Waals surface area contributed by atoms with Crippen molar-refractivity contribution in [2.45, 2.75) is 6.54 Å². The third kappa shape index (κ3) is 5.32. The van der Waals surface area contributed by atoms with Crippen LogP contribution in [-0.2, 0) is 11.3 Å². The third-order valence-electron chi connectivity index (χ3n) is 5.55. The number of rotatable bonds is 5. The number of pyridine rings is 1. The Bertz CT molecular complexity index is 829. The number of hydrogen-bond donors (Lipinski definition) is 1. The molecule has 0 unspecified atom stereocenters. The van der Waals surface area contributed by atoms with Crippen molar-refractivity contribution in [1.29, 1.82) is 0 Å². The van der Waals surface area contributed by atoms with E-state index in [1.54, 1.807) is 12.4 Å². The van der Waals surface area contributed by atoms with Crippen molar-refractivity contribution in [2.24, 2.45) is 0 Å². The summed E-state index contributed by atoms with van der Waals surface area (Å²) in [5, 5.41) is 3.02. The highest BCUT2D eigenvalue weighted by atomic mass is 16.5. The van der Waals surface area contributed by atoms with E-state index in [-0.39, 0.29) is 5.91 Å². The van der Waals surface area contributed by atoms with Gasteiger partial charge in [0.25, 0.3) is 5.91 Å². The molecule has 0 aliphatic carbocycles. The number of nitrogens with zero attached hydrogens (tertiary/aromatic N) is 4. The lowest BCUT2D eigenvalue weighted by molar-refractivity contribution is 0.102. The fourth-order valence-electron chi connectivity index (χ4n) is 3.76. The Kier molecular flexibility index (Phi) is 6.39. The van der Waals surface area contributed by atoms with Gasteiger partial charge in [0.15, 0.2) is 0 Å². The minimum absolute atomic E-state index is 0.135. The van der Waals surface area contributed by atoms with Gasteiger partial charge < -0.3 is 19.9 Å². The van der Waals surface area contributed by atoms with E-state index in [0.717, 1.165) is 57.2 Å². The van der Waals surface area contributed by atoms with E-state index < -0.39 is 0 Å². The number of amides is 1. The van der Waals surface area contributed by atoms with Crippen LogP contribution in [0, 0.1) is 0 Å². The van der Waals surface area contributed by atoms with Crippen LogP contribution >= 0.6 is 0 Å². The van der Waals surface area contributed by atoms with Crippen LogP contribution in [0.25, 0.3) is 0 Å². The molecule has 4 rings (SSSR count). The lowest BCUT2D eigenvalue weighted by Crippen LogP contribution is -2.43. The zero-order chi connectivity index (χ0) is 20.1. The molecule has 2 aromatic rings. The summed E-state index contributed by atoms with van der Waals surface area (Å²) in [5.74, 6) is -0.135. The summed E-state index contributed by atoms with van der Waals surface area (Å²) in [5.41, 5.74) is 3.56. The molecule has 1 amide bonds. The predicted octanol–water partition coefficient (Wildman–Crippen LogP) is 1.92. The molecule has 0 saturated carbocycles. The zero-order valence-corrected chi connectivity index (χ0v) is 17.0. The van der Waals surface area contributed by atoms with Crippen LogP contribution in [0.5, 0.6) is 0 Å². The monoisotopic (exact) mass is 395 g/mol. The molecule has 1 aromatic carbocycles. The van der Waals surface area contributed by atoms with Gasteiger partial charge in [0.1, 0.15) is 0 Å². The van der Waals surface area contributed by atoms with Gasteiger partial charge >= 0.3 is 0 Å². The molecular formula is C22H29N5O2. The number of ether oxygens (including phenoxy) is 1. The molecule has 7 nitrogen and oxygen atoms in total. The van der Waals surface area contributed by atoms with Crippen LogP contribution in [0.15, 0.2) is 42.7 Å². The SMILES string of the molecule is CN1CCN(Cc2cccc(NC(=O)c3cncc(N4CCOCC4)c3)c2)CC1. The second-order valence-corrected chi connectivity index (χ2v) is 7.77. The molecule has 3 heterocycles. The number of carbonyl (C=O) groups excluding carboxylic acids is 1. The molecule has 0 atom stereocenters. The summed E-state index contributed by atoms with van der Waals surface area (Å²) < 4.78 is 5.40. The molecule has 7 heteroatoms. The number of anilines is 2. The van der Waals surface area contributed by atoms with Gasteiger partial charge in [-0.25, -0.2) is 0 Å². The summed E-state index contributed by atoms with van der Waals surface area (Å²) in [4.78, 5) is 24.1. The highest BCUT2D eigenvalue weighted by Crippen LogP contribution is 2.18. The fourth-order valence-corrected chi connectivity index (χ4v) is 3.76. The molecule has 0 bridgehead atoms. The summed E-state index contributed by atoms with van der Waals surface area (Å²) in [6, 6.07) is 10.0. The first kappa shape index (κ1) is 19.8. The quantitative estimate of drug-likeness (QED) is 0.835. The van der Waals surface area contributed by atoms with E-state index in [1.807, 2.05) is 18.2 Å². The Balaban J connectivity index is 1.39. The number of benzene rings is 1. The van der Waals surface area contributed by atoms with E-state index in [2.05, 4.69) is 44.2 Å². The number of carbonyl (C=O) groups is 1. The van der Waals surface area contributed by atoms with Crippen molar-refractivity contribution in [1.82, 2.24) is 14.8 Å². The molecule has 2 fully saturated rings. The molecule has 2 aliphatic heterocycles. The predicted molar refractivity (Wildman–Crippen MR) is 114 cm³/mol. The molecule has 1 N–H and O–H groups in total. The lowest BCUT2D eigenvalue weighted by atomic mass is 10.1. The summed E-state index contributed by atoms with van der Waals surface area (Å²) in [6.07, 6.45) is 3.42. The number of aromatic nitrogens is 1. The van der Waals surface area contributed by atoms with Gasteiger partial charge in [-0.15, -0.1) is 0 Å². The van der Waals surface area contributed by atoms with E-state index >= 15 is 0 Å². The number of likely N-dealkylation sites (N-methyl/N-ethyl adjacent to an activating group) is 1. The van der Waals surface area contributed by atoms with Crippen LogP contribution in [-0.4, -0.2) is 80.2 Å². The lowest BCUT2D eigenvalue weighted by Gasteiger charge is -2.32. The summed E-state index contributed by atoms with van der Waals surface area (Å²) in [6.45, 7) is 8.31. The first-order valence-corrected chi connectivity index (χ1v) is 10.3. The molecule has 0 radical (unpaired) electrons. The van der Waals surface area contributed by atoms with Gasteiger partial charge in [-0.1, -0.05) is 12.1 Å². The second-order valence-electron chi connectivity index (χ2n) is 7.77. The average Bonchev–Trinajstić information content (AvgIpc) is 2.76. The standard InChI is InChI=1S/C22H29N5O2/c1-25-5-7-26(8-6-25)17-18-3-2-4-20(13-18)24-22(28)19-14-21(16-23-15-19)27-9-11-29-12-10-27/h2-4,13-16H,5-12,17H2,1H3,(H,24,28). The third-order valence-corrected chi connectivity index (χ3v) is 5.55. The van der Waals surface area contributed by atoms with Crippen LogP contribution in [0.3, 0.4) is 0 Å². The molecule has 29 heavy (non-hydrogen) atoms. The van der Waals surface area contributed by atoms with Crippen molar-refractivity contribution in [2.75, 3.05) is 69.7 Å². The van der Waals surface area contributed by atoms with E-state index in [0.29, 0.717) is 18.8 Å². The zero-order valence-electron chi connectivity index (χ0n) is 17.0. The van der Waals surface area contributed by atoms with E-state index in [9.17, 15) is 4.79 Å². The maximum absolute atomic E-state index is 12.8. The largest absolute Gasteiger partial charge is 0.378 e. The topological polar surface area (TPSA) is 60.9 Å². The van der Waals surface area contributed by atoms with E-state index in [4.69, 9.17) is 4.74 Å². The van der Waals surface area contributed by atoms with Crippen molar-refractivity contribution in [3.8, 4) is 0 Å². The molecule has 2 aliphatic rings. The molecule has 154 valence electrons. The van der Waals surface area contributed by atoms with Gasteiger partial charge in [0.05, 0.1) is 30.7 Å². The molecular weight excluding hydrogens is 366 g/mol. The Hall–Kier alpha value is -2.48. The maximum atomic E-state index is 12.8. The number of hydrogen-bond acceptors (Lipinski definition) is 6. The molecule has 1 aromatic heterocycles. The van der Waals surface area contributed by atoms with Gasteiger partial charge in [-0.3, -0.25) is 14.7 Å². The van der Waals surface area contributed by atoms with E-state index in [1.165, 1.54) is 5.56 Å². The van der Waals surface area contributed by atoms with Crippen LogP contribution < -0.4 is 10.2 Å². The average molecular weight is 396 g/mol. The Morgan fingerprint density at radius 3 is 2.66 bits per heavy atom. The Morgan fingerprint density at radius 2 is 1.86 bits per heavy atom. The minimum Gasteiger partial charge on any atom is -0.378 e. The van der Waals surface area contributed by atoms with Crippen molar-refractivity contribution >= 4 is 17.3 Å². The van der Waals surface area contributed by atoms with Crippen molar-refractivity contribution in [3.63, 3.8) is 0 Å². The van der Waals surface area contributed by atoms with Gasteiger partial charge in [0.2, 0.25) is 0 Å². The highest BCUT2D eigenvalue weighted by Gasteiger charge is 2.16. The number of nitrogens with one attached hydrogen (secondary N) is 1. The highest BCUT2D eigenvalue weighted by molar-refractivity contribution is 6.04. The first-order valence-electron chi connectivity index (χ1n) is 10.3. The number of morpholine rings is 1. The van der Waals surface area contributed by atoms with Gasteiger partial charge in [-0.05, 0) is 30.8 Å². The Morgan fingerprint density at radius 1 is 1.07 bits per heavy atom. The van der Waals surface area contributed by atoms with Gasteiger partial charge in [0, 0.05) is 57.7 Å². The second kappa shape index (κ2) is 9.35.